The van der Waals surface area contributed by atoms with Gasteiger partial charge in [0.25, 0.3) is 0 Å². The first kappa shape index (κ1) is 24.7. The van der Waals surface area contributed by atoms with Gasteiger partial charge in [-0.1, -0.05) is 111 Å². The maximum Gasteiger partial charge on any atom is -0.0236 e. The monoisotopic (exact) mass is 350 g/mol. The molecule has 0 nitrogen and oxygen atoms in total. The van der Waals surface area contributed by atoms with Gasteiger partial charge in [-0.3, -0.25) is 0 Å². The third-order valence-electron chi connectivity index (χ3n) is 6.73. The van der Waals surface area contributed by atoms with Crippen LogP contribution >= 0.6 is 0 Å². The molecular formula is C25H50. The zero-order chi connectivity index (χ0) is 19.1. The number of allylic oxidation sites excluding steroid dienone is 2. The highest BCUT2D eigenvalue weighted by Gasteiger charge is 2.28. The molecule has 25 heavy (non-hydrogen) atoms. The van der Waals surface area contributed by atoms with Crippen LogP contribution in [0.3, 0.4) is 0 Å². The first-order chi connectivity index (χ1) is 12.0. The molecular weight excluding hydrogens is 300 g/mol. The van der Waals surface area contributed by atoms with Gasteiger partial charge in [-0.05, 0) is 49.4 Å². The molecule has 5 atom stereocenters. The van der Waals surface area contributed by atoms with E-state index in [-0.39, 0.29) is 0 Å². The molecule has 0 aliphatic rings. The lowest BCUT2D eigenvalue weighted by Gasteiger charge is -2.35. The van der Waals surface area contributed by atoms with Crippen molar-refractivity contribution in [1.82, 2.24) is 0 Å². The Bertz CT molecular complexity index is 303. The second kappa shape index (κ2) is 16.0. The zero-order valence-corrected chi connectivity index (χ0v) is 18.8. The molecule has 0 fully saturated rings. The lowest BCUT2D eigenvalue weighted by molar-refractivity contribution is 0.150. The van der Waals surface area contributed by atoms with E-state index >= 15 is 0 Å². The summed E-state index contributed by atoms with van der Waals surface area (Å²) in [6, 6.07) is 0. The van der Waals surface area contributed by atoms with Crippen LogP contribution in [0.2, 0.25) is 0 Å². The maximum absolute atomic E-state index is 2.56. The van der Waals surface area contributed by atoms with Crippen molar-refractivity contribution in [1.29, 1.82) is 0 Å². The summed E-state index contributed by atoms with van der Waals surface area (Å²) in [5.41, 5.74) is 0. The fourth-order valence-electron chi connectivity index (χ4n) is 4.74. The fourth-order valence-corrected chi connectivity index (χ4v) is 4.74. The van der Waals surface area contributed by atoms with E-state index in [4.69, 9.17) is 0 Å². The van der Waals surface area contributed by atoms with E-state index < -0.39 is 0 Å². The highest BCUT2D eigenvalue weighted by molar-refractivity contribution is 4.85. The lowest BCUT2D eigenvalue weighted by Crippen LogP contribution is -2.26. The number of hydrogen-bond donors (Lipinski definition) is 0. The molecule has 0 bridgehead atoms. The standard InChI is InChI=1S/C25H50/c1-8-13-17-21(6)22(7)25(12-5)24(19-14-9-2)20-15-18-23(11-4)16-10-3/h10,16,21-25H,8-9,11-15,17-20H2,1-7H3. The number of hydrogen-bond acceptors (Lipinski definition) is 0. The van der Waals surface area contributed by atoms with Gasteiger partial charge in [0.2, 0.25) is 0 Å². The van der Waals surface area contributed by atoms with Gasteiger partial charge in [0.1, 0.15) is 0 Å². The van der Waals surface area contributed by atoms with Gasteiger partial charge in [0, 0.05) is 0 Å². The molecule has 150 valence electrons. The Hall–Kier alpha value is -0.260. The van der Waals surface area contributed by atoms with Gasteiger partial charge in [-0.2, -0.15) is 0 Å². The van der Waals surface area contributed by atoms with E-state index in [1.165, 1.54) is 70.6 Å². The summed E-state index contributed by atoms with van der Waals surface area (Å²) in [7, 11) is 0. The first-order valence-electron chi connectivity index (χ1n) is 11.7. The Morgan fingerprint density at radius 3 is 1.84 bits per heavy atom. The van der Waals surface area contributed by atoms with E-state index in [2.05, 4.69) is 60.6 Å². The Morgan fingerprint density at radius 2 is 1.32 bits per heavy atom. The molecule has 0 rings (SSSR count). The highest BCUT2D eigenvalue weighted by Crippen LogP contribution is 2.37. The van der Waals surface area contributed by atoms with Crippen molar-refractivity contribution < 1.29 is 0 Å². The zero-order valence-electron chi connectivity index (χ0n) is 18.8. The molecule has 0 aliphatic carbocycles. The van der Waals surface area contributed by atoms with Crippen LogP contribution in [0.1, 0.15) is 119 Å². The summed E-state index contributed by atoms with van der Waals surface area (Å²) in [6.07, 6.45) is 20.0. The largest absolute Gasteiger partial charge is 0.0914 e. The molecule has 5 unspecified atom stereocenters. The van der Waals surface area contributed by atoms with Crippen molar-refractivity contribution in [3.8, 4) is 0 Å². The molecule has 0 heteroatoms. The average Bonchev–Trinajstić information content (AvgIpc) is 2.62. The van der Waals surface area contributed by atoms with Crippen LogP contribution in [0.4, 0.5) is 0 Å². The summed E-state index contributed by atoms with van der Waals surface area (Å²) >= 11 is 0. The molecule has 0 aliphatic heterocycles. The smallest absolute Gasteiger partial charge is 0.0236 e. The summed E-state index contributed by atoms with van der Waals surface area (Å²) in [6.45, 7) is 16.7. The van der Waals surface area contributed by atoms with Crippen molar-refractivity contribution in [2.45, 2.75) is 119 Å². The molecule has 0 radical (unpaired) electrons. The Labute approximate surface area is 161 Å². The van der Waals surface area contributed by atoms with Crippen molar-refractivity contribution in [2.24, 2.45) is 29.6 Å². The first-order valence-corrected chi connectivity index (χ1v) is 11.7. The van der Waals surface area contributed by atoms with Crippen LogP contribution in [0.15, 0.2) is 12.2 Å². The second-order valence-corrected chi connectivity index (χ2v) is 8.58. The van der Waals surface area contributed by atoms with Gasteiger partial charge in [0.15, 0.2) is 0 Å². The summed E-state index contributed by atoms with van der Waals surface area (Å²) < 4.78 is 0. The quantitative estimate of drug-likeness (QED) is 0.243. The number of rotatable bonds is 16. The predicted octanol–water partition coefficient (Wildman–Crippen LogP) is 9.05. The van der Waals surface area contributed by atoms with Crippen molar-refractivity contribution >= 4 is 0 Å². The van der Waals surface area contributed by atoms with E-state index in [1.54, 1.807) is 0 Å². The Kier molecular flexibility index (Phi) is 15.8. The predicted molar refractivity (Wildman–Crippen MR) is 117 cm³/mol. The van der Waals surface area contributed by atoms with E-state index in [0.29, 0.717) is 0 Å². The Morgan fingerprint density at radius 1 is 0.720 bits per heavy atom. The summed E-state index contributed by atoms with van der Waals surface area (Å²) in [5.74, 6) is 4.46. The van der Waals surface area contributed by atoms with Gasteiger partial charge in [-0.15, -0.1) is 0 Å². The number of unbranched alkanes of at least 4 members (excludes halogenated alkanes) is 2. The van der Waals surface area contributed by atoms with Gasteiger partial charge < -0.3 is 0 Å². The van der Waals surface area contributed by atoms with Crippen molar-refractivity contribution in [3.63, 3.8) is 0 Å². The van der Waals surface area contributed by atoms with Crippen LogP contribution in [-0.2, 0) is 0 Å². The van der Waals surface area contributed by atoms with Gasteiger partial charge in [0.05, 0.1) is 0 Å². The van der Waals surface area contributed by atoms with Crippen LogP contribution in [-0.4, -0.2) is 0 Å². The Balaban J connectivity index is 4.75. The van der Waals surface area contributed by atoms with Crippen LogP contribution in [0.25, 0.3) is 0 Å². The minimum Gasteiger partial charge on any atom is -0.0914 e. The third-order valence-corrected chi connectivity index (χ3v) is 6.73. The van der Waals surface area contributed by atoms with E-state index in [9.17, 15) is 0 Å². The minimum atomic E-state index is 0.804. The van der Waals surface area contributed by atoms with Gasteiger partial charge >= 0.3 is 0 Å². The average molecular weight is 351 g/mol. The molecule has 0 aromatic heterocycles. The highest BCUT2D eigenvalue weighted by atomic mass is 14.3. The van der Waals surface area contributed by atoms with E-state index in [1.807, 2.05) is 0 Å². The molecule has 0 spiro atoms. The molecule has 0 aromatic carbocycles. The lowest BCUT2D eigenvalue weighted by atomic mass is 9.70. The summed E-state index contributed by atoms with van der Waals surface area (Å²) in [4.78, 5) is 0. The molecule has 0 N–H and O–H groups in total. The molecule has 0 saturated heterocycles. The molecule has 0 aromatic rings. The third kappa shape index (κ3) is 10.5. The van der Waals surface area contributed by atoms with Crippen molar-refractivity contribution in [3.05, 3.63) is 12.2 Å². The topological polar surface area (TPSA) is 0 Å². The molecule has 0 heterocycles. The van der Waals surface area contributed by atoms with Crippen LogP contribution in [0, 0.1) is 29.6 Å². The SMILES string of the molecule is CC=CC(CC)CCCC(CCCC)C(CC)C(C)C(C)CCCC. The van der Waals surface area contributed by atoms with Crippen LogP contribution in [0.5, 0.6) is 0 Å². The summed E-state index contributed by atoms with van der Waals surface area (Å²) in [5, 5.41) is 0. The van der Waals surface area contributed by atoms with Gasteiger partial charge in [-0.25, -0.2) is 0 Å². The van der Waals surface area contributed by atoms with Crippen LogP contribution < -0.4 is 0 Å². The maximum atomic E-state index is 2.56. The normalized spacial score (nSPS) is 18.2. The molecule has 0 saturated carbocycles. The fraction of sp³-hybridized carbons (Fsp3) is 0.920. The van der Waals surface area contributed by atoms with Crippen molar-refractivity contribution in [2.75, 3.05) is 0 Å². The second-order valence-electron chi connectivity index (χ2n) is 8.58. The van der Waals surface area contributed by atoms with E-state index in [0.717, 1.165) is 29.6 Å². The molecule has 0 amide bonds. The minimum absolute atomic E-state index is 0.804.